The van der Waals surface area contributed by atoms with Gasteiger partial charge in [-0.1, -0.05) is 11.6 Å². The third-order valence-electron chi connectivity index (χ3n) is 4.29. The second kappa shape index (κ2) is 5.43. The fraction of sp³-hybridized carbons (Fsp3) is 0.643. The molecule has 1 amide bonds. The predicted octanol–water partition coefficient (Wildman–Crippen LogP) is 2.89. The minimum atomic E-state index is 0.189. The van der Waals surface area contributed by atoms with E-state index < -0.39 is 0 Å². The smallest absolute Gasteiger partial charge is 0.227 e. The van der Waals surface area contributed by atoms with Gasteiger partial charge in [-0.3, -0.25) is 4.79 Å². The van der Waals surface area contributed by atoms with Crippen LogP contribution >= 0.6 is 22.9 Å². The molecule has 0 aliphatic carbocycles. The zero-order chi connectivity index (χ0) is 13.4. The van der Waals surface area contributed by atoms with Crippen LogP contribution in [0.5, 0.6) is 0 Å². The van der Waals surface area contributed by atoms with Gasteiger partial charge in [0.25, 0.3) is 0 Å². The Morgan fingerprint density at radius 2 is 2.37 bits per heavy atom. The van der Waals surface area contributed by atoms with Gasteiger partial charge in [0.05, 0.1) is 16.8 Å². The molecule has 3 heterocycles. The number of thiophene rings is 1. The predicted molar refractivity (Wildman–Crippen MR) is 78.5 cm³/mol. The van der Waals surface area contributed by atoms with Crippen molar-refractivity contribution in [2.24, 2.45) is 5.92 Å². The highest BCUT2D eigenvalue weighted by atomic mass is 35.5. The fourth-order valence-corrected chi connectivity index (χ4v) is 4.41. The Kier molecular flexibility index (Phi) is 3.83. The molecule has 1 N–H and O–H groups in total. The van der Waals surface area contributed by atoms with Gasteiger partial charge in [0, 0.05) is 23.5 Å². The number of fused-ring (bicyclic) bond motifs is 2. The Balaban J connectivity index is 1.66. The van der Waals surface area contributed by atoms with E-state index in [1.165, 1.54) is 6.42 Å². The van der Waals surface area contributed by atoms with Crippen LogP contribution in [0.25, 0.3) is 0 Å². The molecule has 3 nitrogen and oxygen atoms in total. The van der Waals surface area contributed by atoms with Crippen molar-refractivity contribution >= 4 is 28.8 Å². The first-order valence-corrected chi connectivity index (χ1v) is 8.16. The van der Waals surface area contributed by atoms with Gasteiger partial charge in [0.2, 0.25) is 5.91 Å². The topological polar surface area (TPSA) is 32.3 Å². The van der Waals surface area contributed by atoms with Gasteiger partial charge in [0.1, 0.15) is 0 Å². The van der Waals surface area contributed by atoms with Gasteiger partial charge in [-0.05, 0) is 38.3 Å². The maximum Gasteiger partial charge on any atom is 0.227 e. The number of rotatable bonds is 4. The summed E-state index contributed by atoms with van der Waals surface area (Å²) in [5.41, 5.74) is 0. The minimum absolute atomic E-state index is 0.189. The molecule has 1 aromatic heterocycles. The highest BCUT2D eigenvalue weighted by molar-refractivity contribution is 7.16. The van der Waals surface area contributed by atoms with Crippen LogP contribution in [0.15, 0.2) is 12.1 Å². The lowest BCUT2D eigenvalue weighted by molar-refractivity contribution is -0.136. The molecular weight excluding hydrogens is 280 g/mol. The Hall–Kier alpha value is -0.580. The van der Waals surface area contributed by atoms with Crippen molar-refractivity contribution in [2.75, 3.05) is 6.54 Å². The van der Waals surface area contributed by atoms with Crippen LogP contribution in [0.3, 0.4) is 0 Å². The van der Waals surface area contributed by atoms with Crippen molar-refractivity contribution in [1.82, 2.24) is 10.2 Å². The molecule has 0 aromatic carbocycles. The summed E-state index contributed by atoms with van der Waals surface area (Å²) in [6, 6.07) is 4.91. The molecule has 3 rings (SSSR count). The van der Waals surface area contributed by atoms with Crippen molar-refractivity contribution in [3.05, 3.63) is 21.3 Å². The molecule has 3 atom stereocenters. The van der Waals surface area contributed by atoms with E-state index in [0.717, 1.165) is 28.6 Å². The van der Waals surface area contributed by atoms with E-state index >= 15 is 0 Å². The highest BCUT2D eigenvalue weighted by Crippen LogP contribution is 2.34. The molecule has 3 unspecified atom stereocenters. The molecule has 1 aromatic rings. The van der Waals surface area contributed by atoms with Crippen LogP contribution < -0.4 is 5.32 Å². The molecule has 2 bridgehead atoms. The average Bonchev–Trinajstić information content (AvgIpc) is 3.11. The zero-order valence-electron chi connectivity index (χ0n) is 11.1. The van der Waals surface area contributed by atoms with Gasteiger partial charge >= 0.3 is 0 Å². The maximum absolute atomic E-state index is 12.6. The van der Waals surface area contributed by atoms with Crippen LogP contribution in [0.1, 0.15) is 31.1 Å². The first-order valence-electron chi connectivity index (χ1n) is 6.96. The van der Waals surface area contributed by atoms with Gasteiger partial charge in [-0.15, -0.1) is 11.3 Å². The average molecular weight is 299 g/mol. The van der Waals surface area contributed by atoms with E-state index in [4.69, 9.17) is 11.6 Å². The van der Waals surface area contributed by atoms with Crippen molar-refractivity contribution < 1.29 is 4.79 Å². The maximum atomic E-state index is 12.6. The van der Waals surface area contributed by atoms with E-state index in [2.05, 4.69) is 5.32 Å². The number of hydrogen-bond donors (Lipinski definition) is 1. The monoisotopic (exact) mass is 298 g/mol. The van der Waals surface area contributed by atoms with Crippen molar-refractivity contribution in [3.63, 3.8) is 0 Å². The summed E-state index contributed by atoms with van der Waals surface area (Å²) in [6.45, 7) is 3.51. The van der Waals surface area contributed by atoms with Crippen molar-refractivity contribution in [1.29, 1.82) is 0 Å². The molecule has 2 aliphatic heterocycles. The molecule has 2 fully saturated rings. The standard InChI is InChI=1S/C14H19ClN2OS/c1-2-17(8-10-4-6-13(15)19-10)14(18)11-7-9-3-5-12(11)16-9/h4,6,9,11-12,16H,2-3,5,7-8H2,1H3. The first-order chi connectivity index (χ1) is 9.17. The molecular formula is C14H19ClN2OS. The molecule has 2 aliphatic rings. The van der Waals surface area contributed by atoms with E-state index in [-0.39, 0.29) is 5.92 Å². The van der Waals surface area contributed by atoms with Crippen molar-refractivity contribution in [2.45, 2.75) is 44.8 Å². The highest BCUT2D eigenvalue weighted by Gasteiger charge is 2.43. The third kappa shape index (κ3) is 2.67. The molecule has 104 valence electrons. The van der Waals surface area contributed by atoms with Crippen molar-refractivity contribution in [3.8, 4) is 0 Å². The lowest BCUT2D eigenvalue weighted by Crippen LogP contribution is -2.40. The molecule has 0 saturated carbocycles. The Bertz CT molecular complexity index is 476. The van der Waals surface area contributed by atoms with Gasteiger partial charge in [-0.2, -0.15) is 0 Å². The fourth-order valence-electron chi connectivity index (χ4n) is 3.30. The van der Waals surface area contributed by atoms with Gasteiger partial charge in [-0.25, -0.2) is 0 Å². The number of amides is 1. The Labute approximate surface area is 122 Å². The summed E-state index contributed by atoms with van der Waals surface area (Å²) in [6.07, 6.45) is 3.41. The number of carbonyl (C=O) groups is 1. The lowest BCUT2D eigenvalue weighted by atomic mass is 9.88. The summed E-state index contributed by atoms with van der Waals surface area (Å²) in [5.74, 6) is 0.501. The van der Waals surface area contributed by atoms with Crippen LogP contribution in [0.2, 0.25) is 4.34 Å². The minimum Gasteiger partial charge on any atom is -0.338 e. The Morgan fingerprint density at radius 3 is 2.89 bits per heavy atom. The molecule has 19 heavy (non-hydrogen) atoms. The van der Waals surface area contributed by atoms with Crippen LogP contribution in [0, 0.1) is 5.92 Å². The SMILES string of the molecule is CCN(Cc1ccc(Cl)s1)C(=O)C1CC2CCC1N2. The zero-order valence-corrected chi connectivity index (χ0v) is 12.6. The molecule has 0 radical (unpaired) electrons. The van der Waals surface area contributed by atoms with Crippen LogP contribution in [-0.4, -0.2) is 29.4 Å². The summed E-state index contributed by atoms with van der Waals surface area (Å²) in [7, 11) is 0. The van der Waals surface area contributed by atoms with Crippen LogP contribution in [-0.2, 0) is 11.3 Å². The number of hydrogen-bond acceptors (Lipinski definition) is 3. The second-order valence-electron chi connectivity index (χ2n) is 5.45. The summed E-state index contributed by atoms with van der Waals surface area (Å²) in [5, 5.41) is 3.54. The van der Waals surface area contributed by atoms with Gasteiger partial charge < -0.3 is 10.2 Å². The second-order valence-corrected chi connectivity index (χ2v) is 7.25. The number of nitrogens with one attached hydrogen (secondary N) is 1. The summed E-state index contributed by atoms with van der Waals surface area (Å²) >= 11 is 7.51. The molecule has 5 heteroatoms. The lowest BCUT2D eigenvalue weighted by Gasteiger charge is -2.27. The van der Waals surface area contributed by atoms with E-state index in [0.29, 0.717) is 24.5 Å². The number of nitrogens with zero attached hydrogens (tertiary/aromatic N) is 1. The number of halogens is 1. The summed E-state index contributed by atoms with van der Waals surface area (Å²) < 4.78 is 0.792. The molecule has 0 spiro atoms. The van der Waals surface area contributed by atoms with E-state index in [9.17, 15) is 4.79 Å². The van der Waals surface area contributed by atoms with E-state index in [1.807, 2.05) is 24.0 Å². The van der Waals surface area contributed by atoms with E-state index in [1.54, 1.807) is 11.3 Å². The van der Waals surface area contributed by atoms with Crippen LogP contribution in [0.4, 0.5) is 0 Å². The third-order valence-corrected chi connectivity index (χ3v) is 5.50. The Morgan fingerprint density at radius 1 is 1.53 bits per heavy atom. The number of carbonyl (C=O) groups excluding carboxylic acids is 1. The first kappa shape index (κ1) is 13.4. The summed E-state index contributed by atoms with van der Waals surface area (Å²) in [4.78, 5) is 15.8. The quantitative estimate of drug-likeness (QED) is 0.927. The molecule has 2 saturated heterocycles. The largest absolute Gasteiger partial charge is 0.338 e. The van der Waals surface area contributed by atoms with Gasteiger partial charge in [0.15, 0.2) is 0 Å². The normalized spacial score (nSPS) is 28.8.